The molecule has 0 heterocycles. The molecule has 3 atom stereocenters. The molecule has 1 aromatic carbocycles. The minimum atomic E-state index is 0.0358. The van der Waals surface area contributed by atoms with Crippen molar-refractivity contribution >= 4 is 11.6 Å². The quantitative estimate of drug-likeness (QED) is 0.839. The predicted octanol–water partition coefficient (Wildman–Crippen LogP) is 3.86. The Morgan fingerprint density at radius 3 is 2.72 bits per heavy atom. The summed E-state index contributed by atoms with van der Waals surface area (Å²) >= 11 is 0. The summed E-state index contributed by atoms with van der Waals surface area (Å²) in [6.45, 7) is 3.68. The molecule has 0 aromatic heterocycles. The number of hydrogen-bond acceptors (Lipinski definition) is 1. The van der Waals surface area contributed by atoms with Crippen molar-refractivity contribution in [2.45, 2.75) is 45.4 Å². The molecule has 0 spiro atoms. The number of benzene rings is 1. The summed E-state index contributed by atoms with van der Waals surface area (Å²) in [5, 5.41) is 3.04. The Kier molecular flexibility index (Phi) is 2.89. The molecule has 0 saturated heterocycles. The molecule has 1 N–H and O–H groups in total. The lowest BCUT2D eigenvalue weighted by molar-refractivity contribution is -0.114. The molecule has 0 radical (unpaired) electrons. The topological polar surface area (TPSA) is 29.1 Å². The first-order chi connectivity index (χ1) is 8.65. The molecule has 2 bridgehead atoms. The molecule has 96 valence electrons. The lowest BCUT2D eigenvalue weighted by atomic mass is 9.82. The van der Waals surface area contributed by atoms with Crippen LogP contribution in [0.1, 0.15) is 49.7 Å². The van der Waals surface area contributed by atoms with Crippen LogP contribution in [0.5, 0.6) is 0 Å². The molecule has 2 heteroatoms. The maximum atomic E-state index is 11.4. The number of aryl methyl sites for hydroxylation is 1. The van der Waals surface area contributed by atoms with Gasteiger partial charge in [0, 0.05) is 12.6 Å². The number of hydrogen-bond donors (Lipinski definition) is 1. The van der Waals surface area contributed by atoms with Gasteiger partial charge in [0.2, 0.25) is 5.91 Å². The van der Waals surface area contributed by atoms with Crippen LogP contribution in [0, 0.1) is 18.8 Å². The molecule has 2 nitrogen and oxygen atoms in total. The maximum Gasteiger partial charge on any atom is 0.221 e. The fraction of sp³-hybridized carbons (Fsp3) is 0.562. The van der Waals surface area contributed by atoms with E-state index in [2.05, 4.69) is 30.4 Å². The zero-order valence-corrected chi connectivity index (χ0v) is 11.2. The molecule has 2 aliphatic rings. The van der Waals surface area contributed by atoms with Crippen molar-refractivity contribution in [2.75, 3.05) is 5.32 Å². The summed E-state index contributed by atoms with van der Waals surface area (Å²) in [7, 11) is 0. The van der Waals surface area contributed by atoms with Gasteiger partial charge in [-0.05, 0) is 55.1 Å². The second-order valence-corrected chi connectivity index (χ2v) is 6.00. The van der Waals surface area contributed by atoms with E-state index in [1.807, 2.05) is 0 Å². The third kappa shape index (κ3) is 1.94. The van der Waals surface area contributed by atoms with E-state index in [9.17, 15) is 4.79 Å². The average molecular weight is 243 g/mol. The molecule has 2 fully saturated rings. The van der Waals surface area contributed by atoms with Crippen LogP contribution in [0.25, 0.3) is 0 Å². The first kappa shape index (κ1) is 11.8. The zero-order valence-electron chi connectivity index (χ0n) is 11.2. The number of carbonyl (C=O) groups is 1. The summed E-state index contributed by atoms with van der Waals surface area (Å²) < 4.78 is 0. The van der Waals surface area contributed by atoms with E-state index >= 15 is 0 Å². The highest BCUT2D eigenvalue weighted by atomic mass is 16.1. The first-order valence-electron chi connectivity index (χ1n) is 7.02. The standard InChI is InChI=1S/C16H21NO/c1-10-4-3-5-14(16(10)17-11(2)18)15-9-12-6-7-13(15)8-12/h3-5,12-13,15H,6-9H2,1-2H3,(H,17,18)/t12?,13?,15-/m0/s1. The van der Waals surface area contributed by atoms with E-state index in [0.29, 0.717) is 5.92 Å². The van der Waals surface area contributed by atoms with Gasteiger partial charge >= 0.3 is 0 Å². The first-order valence-corrected chi connectivity index (χ1v) is 7.02. The van der Waals surface area contributed by atoms with Gasteiger partial charge in [0.15, 0.2) is 0 Å². The van der Waals surface area contributed by atoms with Gasteiger partial charge in [-0.2, -0.15) is 0 Å². The van der Waals surface area contributed by atoms with Crippen LogP contribution >= 0.6 is 0 Å². The Morgan fingerprint density at radius 2 is 2.11 bits per heavy atom. The highest BCUT2D eigenvalue weighted by Gasteiger charge is 2.41. The largest absolute Gasteiger partial charge is 0.326 e. The van der Waals surface area contributed by atoms with Crippen LogP contribution in [0.2, 0.25) is 0 Å². The summed E-state index contributed by atoms with van der Waals surface area (Å²) in [5.74, 6) is 2.49. The number of anilines is 1. The van der Waals surface area contributed by atoms with E-state index in [-0.39, 0.29) is 5.91 Å². The van der Waals surface area contributed by atoms with Gasteiger partial charge in [0.25, 0.3) is 0 Å². The molecule has 0 aliphatic heterocycles. The molecule has 2 unspecified atom stereocenters. The fourth-order valence-corrected chi connectivity index (χ4v) is 3.97. The van der Waals surface area contributed by atoms with E-state index in [1.54, 1.807) is 6.92 Å². The van der Waals surface area contributed by atoms with Crippen LogP contribution in [0.3, 0.4) is 0 Å². The fourth-order valence-electron chi connectivity index (χ4n) is 3.97. The molecule has 2 aliphatic carbocycles. The Hall–Kier alpha value is -1.31. The number of para-hydroxylation sites is 1. The number of amides is 1. The zero-order chi connectivity index (χ0) is 12.7. The predicted molar refractivity (Wildman–Crippen MR) is 73.7 cm³/mol. The van der Waals surface area contributed by atoms with Gasteiger partial charge in [0.05, 0.1) is 0 Å². The molecule has 18 heavy (non-hydrogen) atoms. The van der Waals surface area contributed by atoms with E-state index in [4.69, 9.17) is 0 Å². The Bertz CT molecular complexity index is 480. The summed E-state index contributed by atoms with van der Waals surface area (Å²) in [4.78, 5) is 11.4. The van der Waals surface area contributed by atoms with Crippen LogP contribution in [-0.4, -0.2) is 5.91 Å². The second kappa shape index (κ2) is 4.42. The Labute approximate surface area is 109 Å². The van der Waals surface area contributed by atoms with Gasteiger partial charge in [-0.25, -0.2) is 0 Å². The average Bonchev–Trinajstić information content (AvgIpc) is 2.93. The molecule has 1 amide bonds. The lowest BCUT2D eigenvalue weighted by Crippen LogP contribution is -2.15. The molecular weight excluding hydrogens is 222 g/mol. The molecule has 3 rings (SSSR count). The Balaban J connectivity index is 1.96. The maximum absolute atomic E-state index is 11.4. The van der Waals surface area contributed by atoms with Gasteiger partial charge in [-0.3, -0.25) is 4.79 Å². The second-order valence-electron chi connectivity index (χ2n) is 6.00. The summed E-state index contributed by atoms with van der Waals surface area (Å²) in [6, 6.07) is 6.42. The van der Waals surface area contributed by atoms with Crippen molar-refractivity contribution in [2.24, 2.45) is 11.8 Å². The summed E-state index contributed by atoms with van der Waals surface area (Å²) in [6.07, 6.45) is 5.52. The van der Waals surface area contributed by atoms with E-state index in [0.717, 1.165) is 17.5 Å². The van der Waals surface area contributed by atoms with Crippen LogP contribution in [-0.2, 0) is 4.79 Å². The van der Waals surface area contributed by atoms with Crippen molar-refractivity contribution in [1.82, 2.24) is 0 Å². The monoisotopic (exact) mass is 243 g/mol. The highest BCUT2D eigenvalue weighted by Crippen LogP contribution is 2.54. The van der Waals surface area contributed by atoms with Crippen molar-refractivity contribution in [3.05, 3.63) is 29.3 Å². The number of carbonyl (C=O) groups excluding carboxylic acids is 1. The van der Waals surface area contributed by atoms with Gasteiger partial charge in [-0.1, -0.05) is 24.6 Å². The summed E-state index contributed by atoms with van der Waals surface area (Å²) in [5.41, 5.74) is 3.63. The van der Waals surface area contributed by atoms with Crippen molar-refractivity contribution < 1.29 is 4.79 Å². The SMILES string of the molecule is CC(=O)Nc1c(C)cccc1[C@H]1CC2CCC1C2. The van der Waals surface area contributed by atoms with Crippen LogP contribution < -0.4 is 5.32 Å². The normalized spacial score (nSPS) is 29.6. The van der Waals surface area contributed by atoms with Crippen LogP contribution in [0.15, 0.2) is 18.2 Å². The number of nitrogens with one attached hydrogen (secondary N) is 1. The van der Waals surface area contributed by atoms with Gasteiger partial charge in [-0.15, -0.1) is 0 Å². The number of rotatable bonds is 2. The van der Waals surface area contributed by atoms with Crippen molar-refractivity contribution in [1.29, 1.82) is 0 Å². The smallest absolute Gasteiger partial charge is 0.221 e. The molecule has 2 saturated carbocycles. The number of fused-ring (bicyclic) bond motifs is 2. The lowest BCUT2D eigenvalue weighted by Gasteiger charge is -2.25. The third-order valence-electron chi connectivity index (χ3n) is 4.74. The van der Waals surface area contributed by atoms with E-state index in [1.165, 1.54) is 36.8 Å². The highest BCUT2D eigenvalue weighted by molar-refractivity contribution is 5.90. The van der Waals surface area contributed by atoms with Crippen molar-refractivity contribution in [3.63, 3.8) is 0 Å². The minimum absolute atomic E-state index is 0.0358. The van der Waals surface area contributed by atoms with Crippen molar-refractivity contribution in [3.8, 4) is 0 Å². The van der Waals surface area contributed by atoms with Crippen LogP contribution in [0.4, 0.5) is 5.69 Å². The molecular formula is C16H21NO. The minimum Gasteiger partial charge on any atom is -0.326 e. The van der Waals surface area contributed by atoms with E-state index < -0.39 is 0 Å². The molecule has 1 aromatic rings. The Morgan fingerprint density at radius 1 is 1.28 bits per heavy atom. The third-order valence-corrected chi connectivity index (χ3v) is 4.74. The van der Waals surface area contributed by atoms with Gasteiger partial charge in [0.1, 0.15) is 0 Å². The van der Waals surface area contributed by atoms with Gasteiger partial charge < -0.3 is 5.32 Å².